The van der Waals surface area contributed by atoms with Crippen LogP contribution >= 0.6 is 0 Å². The van der Waals surface area contributed by atoms with E-state index in [-0.39, 0.29) is 5.91 Å². The molecule has 1 aliphatic rings. The number of morpholine rings is 1. The molecule has 1 aromatic carbocycles. The molecule has 1 unspecified atom stereocenters. The fourth-order valence-electron chi connectivity index (χ4n) is 2.80. The summed E-state index contributed by atoms with van der Waals surface area (Å²) in [6, 6.07) is 7.45. The van der Waals surface area contributed by atoms with Crippen LogP contribution in [0.25, 0.3) is 0 Å². The lowest BCUT2D eigenvalue weighted by Gasteiger charge is -2.26. The summed E-state index contributed by atoms with van der Waals surface area (Å²) in [6.45, 7) is 8.91. The van der Waals surface area contributed by atoms with Crippen molar-refractivity contribution in [2.75, 3.05) is 51.9 Å². The number of hydrogen-bond donors (Lipinski definition) is 1. The second kappa shape index (κ2) is 9.75. The number of hydrogen-bond acceptors (Lipinski definition) is 5. The zero-order valence-electron chi connectivity index (χ0n) is 15.5. The molecule has 1 aromatic rings. The summed E-state index contributed by atoms with van der Waals surface area (Å²) in [5.41, 5.74) is -0.0628. The van der Waals surface area contributed by atoms with E-state index < -0.39 is 5.60 Å². The summed E-state index contributed by atoms with van der Waals surface area (Å²) < 4.78 is 16.5. The third-order valence-corrected chi connectivity index (χ3v) is 4.55. The molecule has 1 aliphatic heterocycles. The predicted octanol–water partition coefficient (Wildman–Crippen LogP) is 2.54. The number of nitrogens with zero attached hydrogens (tertiary/aromatic N) is 1. The van der Waals surface area contributed by atoms with Crippen LogP contribution in [0.1, 0.15) is 26.7 Å². The Morgan fingerprint density at radius 1 is 1.28 bits per heavy atom. The maximum Gasteiger partial charge on any atom is 0.256 e. The number of nitrogens with one attached hydrogen (secondary N) is 1. The van der Waals surface area contributed by atoms with E-state index in [1.807, 2.05) is 38.1 Å². The molecular formula is C19H30N2O4. The Morgan fingerprint density at radius 2 is 1.96 bits per heavy atom. The maximum atomic E-state index is 12.4. The van der Waals surface area contributed by atoms with Crippen molar-refractivity contribution in [3.05, 3.63) is 24.3 Å². The highest BCUT2D eigenvalue weighted by molar-refractivity contribution is 5.97. The minimum Gasteiger partial charge on any atom is -0.492 e. The molecule has 0 aliphatic carbocycles. The van der Waals surface area contributed by atoms with Gasteiger partial charge in [-0.1, -0.05) is 13.3 Å². The molecule has 0 bridgehead atoms. The van der Waals surface area contributed by atoms with Gasteiger partial charge in [0.15, 0.2) is 0 Å². The van der Waals surface area contributed by atoms with Crippen LogP contribution in [0, 0.1) is 0 Å². The van der Waals surface area contributed by atoms with E-state index in [0.29, 0.717) is 13.0 Å². The number of methoxy groups -OCH3 is 1. The number of rotatable bonds is 9. The van der Waals surface area contributed by atoms with Crippen LogP contribution in [0.4, 0.5) is 5.69 Å². The number of amides is 1. The number of benzene rings is 1. The van der Waals surface area contributed by atoms with Gasteiger partial charge in [-0.05, 0) is 37.6 Å². The SMILES string of the molecule is CCCC(C)(OC)C(=O)Nc1ccc(OCCN2CCOCC2)cc1. The van der Waals surface area contributed by atoms with Crippen molar-refractivity contribution in [1.82, 2.24) is 4.90 Å². The van der Waals surface area contributed by atoms with Crippen LogP contribution < -0.4 is 10.1 Å². The van der Waals surface area contributed by atoms with E-state index in [1.165, 1.54) is 0 Å². The number of anilines is 1. The van der Waals surface area contributed by atoms with Gasteiger partial charge in [-0.15, -0.1) is 0 Å². The molecule has 2 rings (SSSR count). The highest BCUT2D eigenvalue weighted by Crippen LogP contribution is 2.21. The van der Waals surface area contributed by atoms with E-state index in [9.17, 15) is 4.79 Å². The monoisotopic (exact) mass is 350 g/mol. The van der Waals surface area contributed by atoms with Gasteiger partial charge in [-0.25, -0.2) is 0 Å². The maximum absolute atomic E-state index is 12.4. The Balaban J connectivity index is 1.79. The summed E-state index contributed by atoms with van der Waals surface area (Å²) in [5, 5.41) is 2.91. The topological polar surface area (TPSA) is 60.0 Å². The third-order valence-electron chi connectivity index (χ3n) is 4.55. The smallest absolute Gasteiger partial charge is 0.256 e. The van der Waals surface area contributed by atoms with Gasteiger partial charge >= 0.3 is 0 Å². The molecule has 1 heterocycles. The Kier molecular flexibility index (Phi) is 7.68. The Labute approximate surface area is 150 Å². The molecular weight excluding hydrogens is 320 g/mol. The minimum atomic E-state index is -0.803. The van der Waals surface area contributed by atoms with Crippen molar-refractivity contribution >= 4 is 11.6 Å². The zero-order valence-corrected chi connectivity index (χ0v) is 15.5. The van der Waals surface area contributed by atoms with Gasteiger partial charge in [0.25, 0.3) is 5.91 Å². The molecule has 25 heavy (non-hydrogen) atoms. The zero-order chi connectivity index (χ0) is 18.1. The van der Waals surface area contributed by atoms with Gasteiger partial charge < -0.3 is 19.5 Å². The van der Waals surface area contributed by atoms with Crippen LogP contribution in [0.15, 0.2) is 24.3 Å². The lowest BCUT2D eigenvalue weighted by Crippen LogP contribution is -2.41. The quantitative estimate of drug-likeness (QED) is 0.742. The summed E-state index contributed by atoms with van der Waals surface area (Å²) >= 11 is 0. The largest absolute Gasteiger partial charge is 0.492 e. The molecule has 1 saturated heterocycles. The number of carbonyl (C=O) groups excluding carboxylic acids is 1. The van der Waals surface area contributed by atoms with Crippen molar-refractivity contribution in [3.63, 3.8) is 0 Å². The van der Waals surface area contributed by atoms with Crippen molar-refractivity contribution in [2.45, 2.75) is 32.3 Å². The molecule has 1 fully saturated rings. The molecule has 0 spiro atoms. The Morgan fingerprint density at radius 3 is 2.56 bits per heavy atom. The van der Waals surface area contributed by atoms with Crippen LogP contribution in [0.2, 0.25) is 0 Å². The Hall–Kier alpha value is -1.63. The van der Waals surface area contributed by atoms with Gasteiger partial charge in [0.2, 0.25) is 0 Å². The third kappa shape index (κ3) is 5.99. The van der Waals surface area contributed by atoms with Crippen LogP contribution in [0.3, 0.4) is 0 Å². The number of carbonyl (C=O) groups is 1. The van der Waals surface area contributed by atoms with Crippen molar-refractivity contribution in [3.8, 4) is 5.75 Å². The lowest BCUT2D eigenvalue weighted by atomic mass is 9.99. The minimum absolute atomic E-state index is 0.127. The fraction of sp³-hybridized carbons (Fsp3) is 0.632. The van der Waals surface area contributed by atoms with Gasteiger partial charge in [0, 0.05) is 32.4 Å². The molecule has 6 nitrogen and oxygen atoms in total. The molecule has 6 heteroatoms. The normalized spacial score (nSPS) is 17.7. The molecule has 1 N–H and O–H groups in total. The molecule has 0 saturated carbocycles. The van der Waals surface area contributed by atoms with Gasteiger partial charge in [0.1, 0.15) is 18.0 Å². The summed E-state index contributed by atoms with van der Waals surface area (Å²) in [7, 11) is 1.57. The van der Waals surface area contributed by atoms with E-state index in [2.05, 4.69) is 10.2 Å². The van der Waals surface area contributed by atoms with Gasteiger partial charge in [-0.2, -0.15) is 0 Å². The van der Waals surface area contributed by atoms with E-state index in [4.69, 9.17) is 14.2 Å². The second-order valence-corrected chi connectivity index (χ2v) is 6.47. The standard InChI is InChI=1S/C19H30N2O4/c1-4-9-19(2,23-3)18(22)20-16-5-7-17(8-6-16)25-15-12-21-10-13-24-14-11-21/h5-8H,4,9-15H2,1-3H3,(H,20,22). The number of ether oxygens (including phenoxy) is 3. The van der Waals surface area contributed by atoms with Crippen molar-refractivity contribution < 1.29 is 19.0 Å². The molecule has 140 valence electrons. The predicted molar refractivity (Wildman–Crippen MR) is 98.1 cm³/mol. The first kappa shape index (κ1) is 19.7. The summed E-state index contributed by atoms with van der Waals surface area (Å²) in [5.74, 6) is 0.673. The fourth-order valence-corrected chi connectivity index (χ4v) is 2.80. The van der Waals surface area contributed by atoms with Crippen molar-refractivity contribution in [2.24, 2.45) is 0 Å². The Bertz CT molecular complexity index is 529. The highest BCUT2D eigenvalue weighted by atomic mass is 16.5. The second-order valence-electron chi connectivity index (χ2n) is 6.47. The molecule has 0 aromatic heterocycles. The van der Waals surface area contributed by atoms with Gasteiger partial charge in [-0.3, -0.25) is 9.69 Å². The molecule has 1 amide bonds. The van der Waals surface area contributed by atoms with Crippen LogP contribution in [0.5, 0.6) is 5.75 Å². The van der Waals surface area contributed by atoms with E-state index >= 15 is 0 Å². The highest BCUT2D eigenvalue weighted by Gasteiger charge is 2.32. The summed E-state index contributed by atoms with van der Waals surface area (Å²) in [4.78, 5) is 14.7. The van der Waals surface area contributed by atoms with Crippen molar-refractivity contribution in [1.29, 1.82) is 0 Å². The molecule has 1 atom stereocenters. The van der Waals surface area contributed by atoms with Crippen LogP contribution in [-0.4, -0.2) is 63.0 Å². The van der Waals surface area contributed by atoms with E-state index in [0.717, 1.165) is 50.7 Å². The average molecular weight is 350 g/mol. The van der Waals surface area contributed by atoms with E-state index in [1.54, 1.807) is 7.11 Å². The lowest BCUT2D eigenvalue weighted by molar-refractivity contribution is -0.136. The van der Waals surface area contributed by atoms with Crippen LogP contribution in [-0.2, 0) is 14.3 Å². The first-order valence-corrected chi connectivity index (χ1v) is 8.97. The first-order chi connectivity index (χ1) is 12.1. The van der Waals surface area contributed by atoms with Gasteiger partial charge in [0.05, 0.1) is 13.2 Å². The average Bonchev–Trinajstić information content (AvgIpc) is 2.64. The summed E-state index contributed by atoms with van der Waals surface area (Å²) in [6.07, 6.45) is 1.56. The molecule has 0 radical (unpaired) electrons. The first-order valence-electron chi connectivity index (χ1n) is 8.97.